The van der Waals surface area contributed by atoms with Crippen LogP contribution in [0.4, 0.5) is 5.69 Å². The zero-order chi connectivity index (χ0) is 18.0. The van der Waals surface area contributed by atoms with Crippen LogP contribution in [0.2, 0.25) is 0 Å². The smallest absolute Gasteiger partial charge is 0.155 e. The van der Waals surface area contributed by atoms with Gasteiger partial charge in [0.05, 0.1) is 29.0 Å². The first-order valence-corrected chi connectivity index (χ1v) is 7.91. The van der Waals surface area contributed by atoms with Crippen LogP contribution in [-0.4, -0.2) is 31.8 Å². The van der Waals surface area contributed by atoms with E-state index in [9.17, 15) is 0 Å². The van der Waals surface area contributed by atoms with Crippen molar-refractivity contribution in [2.45, 2.75) is 13.8 Å². The maximum atomic E-state index is 8.33. The van der Waals surface area contributed by atoms with E-state index >= 15 is 0 Å². The van der Waals surface area contributed by atoms with Crippen LogP contribution in [0, 0.1) is 12.3 Å². The molecule has 0 fully saturated rings. The van der Waals surface area contributed by atoms with E-state index in [1.54, 1.807) is 23.0 Å². The van der Waals surface area contributed by atoms with Crippen LogP contribution in [0.1, 0.15) is 18.2 Å². The van der Waals surface area contributed by atoms with E-state index in [-0.39, 0.29) is 0 Å². The number of hydrogen-bond donors (Lipinski definition) is 2. The molecule has 25 heavy (non-hydrogen) atoms. The summed E-state index contributed by atoms with van der Waals surface area (Å²) in [5.74, 6) is 0. The lowest BCUT2D eigenvalue weighted by molar-refractivity contribution is 0.917. The van der Waals surface area contributed by atoms with Crippen molar-refractivity contribution in [3.05, 3.63) is 66.8 Å². The first kappa shape index (κ1) is 16.6. The maximum Gasteiger partial charge on any atom is 0.155 e. The van der Waals surface area contributed by atoms with E-state index in [2.05, 4.69) is 33.5 Å². The molecule has 3 rings (SSSR count). The summed E-state index contributed by atoms with van der Waals surface area (Å²) in [7, 11) is 0. The molecule has 0 atom stereocenters. The van der Waals surface area contributed by atoms with Crippen molar-refractivity contribution in [3.63, 3.8) is 0 Å². The number of anilines is 1. The number of aryl methyl sites for hydroxylation is 1. The molecule has 2 N–H and O–H groups in total. The Morgan fingerprint density at radius 3 is 2.84 bits per heavy atom. The van der Waals surface area contributed by atoms with Gasteiger partial charge in [0.25, 0.3) is 0 Å². The molecular formula is C19H20N6. The van der Waals surface area contributed by atoms with Crippen molar-refractivity contribution < 1.29 is 0 Å². The van der Waals surface area contributed by atoms with Gasteiger partial charge in [0.2, 0.25) is 0 Å². The Labute approximate surface area is 146 Å². The second-order valence-electron chi connectivity index (χ2n) is 5.87. The molecule has 0 unspecified atom stereocenters. The van der Waals surface area contributed by atoms with Crippen LogP contribution in [0.15, 0.2) is 55.5 Å². The number of rotatable bonds is 6. The van der Waals surface area contributed by atoms with Gasteiger partial charge in [0.1, 0.15) is 0 Å². The van der Waals surface area contributed by atoms with Crippen molar-refractivity contribution in [1.82, 2.24) is 19.6 Å². The molecule has 3 heterocycles. The summed E-state index contributed by atoms with van der Waals surface area (Å²) in [6, 6.07) is 3.79. The molecule has 0 aromatic carbocycles. The molecule has 3 aromatic heterocycles. The zero-order valence-corrected chi connectivity index (χ0v) is 14.4. The summed E-state index contributed by atoms with van der Waals surface area (Å²) in [6.45, 7) is 11.9. The molecule has 0 saturated heterocycles. The first-order valence-electron chi connectivity index (χ1n) is 7.91. The highest BCUT2D eigenvalue weighted by molar-refractivity contribution is 6.13. The van der Waals surface area contributed by atoms with Crippen LogP contribution < -0.4 is 5.32 Å². The highest BCUT2D eigenvalue weighted by atomic mass is 15.2. The van der Waals surface area contributed by atoms with Gasteiger partial charge < -0.3 is 5.32 Å². The molecule has 6 heteroatoms. The molecule has 0 aliphatic heterocycles. The van der Waals surface area contributed by atoms with E-state index in [1.807, 2.05) is 32.2 Å². The van der Waals surface area contributed by atoms with Crippen LogP contribution in [0.25, 0.3) is 16.9 Å². The highest BCUT2D eigenvalue weighted by Crippen LogP contribution is 2.24. The van der Waals surface area contributed by atoms with Crippen molar-refractivity contribution >= 4 is 17.0 Å². The van der Waals surface area contributed by atoms with Gasteiger partial charge in [0.15, 0.2) is 5.65 Å². The number of aromatic nitrogens is 4. The molecule has 0 aliphatic rings. The minimum absolute atomic E-state index is 0.374. The third kappa shape index (κ3) is 3.33. The second-order valence-corrected chi connectivity index (χ2v) is 5.87. The van der Waals surface area contributed by atoms with Crippen molar-refractivity contribution in [2.75, 3.05) is 11.9 Å². The number of fused-ring (bicyclic) bond motifs is 1. The number of nitrogens with one attached hydrogen (secondary N) is 2. The molecular weight excluding hydrogens is 312 g/mol. The monoisotopic (exact) mass is 332 g/mol. The molecule has 0 radical (unpaired) electrons. The average Bonchev–Trinajstić information content (AvgIpc) is 2.98. The summed E-state index contributed by atoms with van der Waals surface area (Å²) in [4.78, 5) is 8.93. The van der Waals surface area contributed by atoms with Crippen LogP contribution in [0.5, 0.6) is 0 Å². The molecule has 3 aromatic rings. The summed E-state index contributed by atoms with van der Waals surface area (Å²) in [6.07, 6.45) is 7.15. The van der Waals surface area contributed by atoms with Gasteiger partial charge in [-0.1, -0.05) is 12.7 Å². The third-order valence-corrected chi connectivity index (χ3v) is 3.77. The average molecular weight is 332 g/mol. The summed E-state index contributed by atoms with van der Waals surface area (Å²) < 4.78 is 1.74. The summed E-state index contributed by atoms with van der Waals surface area (Å²) >= 11 is 0. The normalized spacial score (nSPS) is 10.6. The van der Waals surface area contributed by atoms with Crippen LogP contribution in [0.3, 0.4) is 0 Å². The van der Waals surface area contributed by atoms with E-state index in [4.69, 9.17) is 5.41 Å². The van der Waals surface area contributed by atoms with Gasteiger partial charge in [-0.3, -0.25) is 10.4 Å². The first-order chi connectivity index (χ1) is 12.0. The Morgan fingerprint density at radius 2 is 2.12 bits per heavy atom. The molecule has 126 valence electrons. The predicted molar refractivity (Wildman–Crippen MR) is 101 cm³/mol. The highest BCUT2D eigenvalue weighted by Gasteiger charge is 2.12. The second kappa shape index (κ2) is 6.68. The van der Waals surface area contributed by atoms with E-state index in [0.29, 0.717) is 17.8 Å². The number of allylic oxidation sites excluding steroid dienone is 1. The lowest BCUT2D eigenvalue weighted by Crippen LogP contribution is -2.09. The van der Waals surface area contributed by atoms with Crippen molar-refractivity contribution in [1.29, 1.82) is 5.41 Å². The van der Waals surface area contributed by atoms with Crippen molar-refractivity contribution in [3.8, 4) is 11.3 Å². The van der Waals surface area contributed by atoms with Gasteiger partial charge in [-0.15, -0.1) is 6.58 Å². The fraction of sp³-hybridized carbons (Fsp3) is 0.158. The molecule has 0 spiro atoms. The van der Waals surface area contributed by atoms with Crippen molar-refractivity contribution in [2.24, 2.45) is 0 Å². The zero-order valence-electron chi connectivity index (χ0n) is 14.4. The Morgan fingerprint density at radius 1 is 1.32 bits per heavy atom. The fourth-order valence-corrected chi connectivity index (χ4v) is 2.50. The van der Waals surface area contributed by atoms with Gasteiger partial charge in [-0.05, 0) is 25.5 Å². The topological polar surface area (TPSA) is 79.0 Å². The standard InChI is InChI=1S/C19H20N6/c1-5-6-21-17-10-22-16(8-15(17)19(20)12(2)3)14-9-23-18-7-13(4)24-25(18)11-14/h5,7-11,20-21H,1-2,6H2,3-4H3. The van der Waals surface area contributed by atoms with E-state index in [1.165, 1.54) is 0 Å². The Bertz CT molecular complexity index is 983. The van der Waals surface area contributed by atoms with Crippen LogP contribution >= 0.6 is 0 Å². The maximum absolute atomic E-state index is 8.33. The van der Waals surface area contributed by atoms with E-state index in [0.717, 1.165) is 33.8 Å². The SMILES string of the molecule is C=CCNc1cnc(-c2cnc3cc(C)nn3c2)cc1C(=N)C(=C)C. The summed E-state index contributed by atoms with van der Waals surface area (Å²) in [5.41, 5.74) is 5.85. The quantitative estimate of drug-likeness (QED) is 0.533. The van der Waals surface area contributed by atoms with Gasteiger partial charge in [0, 0.05) is 36.1 Å². The van der Waals surface area contributed by atoms with Gasteiger partial charge in [-0.25, -0.2) is 9.50 Å². The van der Waals surface area contributed by atoms with E-state index < -0.39 is 0 Å². The summed E-state index contributed by atoms with van der Waals surface area (Å²) in [5, 5.41) is 15.9. The lowest BCUT2D eigenvalue weighted by Gasteiger charge is -2.13. The molecule has 0 aliphatic carbocycles. The third-order valence-electron chi connectivity index (χ3n) is 3.77. The molecule has 0 bridgehead atoms. The molecule has 0 amide bonds. The Kier molecular flexibility index (Phi) is 4.43. The predicted octanol–water partition coefficient (Wildman–Crippen LogP) is 3.64. The number of hydrogen-bond acceptors (Lipinski definition) is 5. The number of pyridine rings is 1. The van der Waals surface area contributed by atoms with Gasteiger partial charge in [-0.2, -0.15) is 5.10 Å². The Hall–Kier alpha value is -3.28. The fourth-order valence-electron chi connectivity index (χ4n) is 2.50. The van der Waals surface area contributed by atoms with Crippen LogP contribution in [-0.2, 0) is 0 Å². The minimum atomic E-state index is 0.374. The van der Waals surface area contributed by atoms with Gasteiger partial charge >= 0.3 is 0 Å². The Balaban J connectivity index is 2.08. The lowest BCUT2D eigenvalue weighted by atomic mass is 10.0. The minimum Gasteiger partial charge on any atom is -0.380 e. The largest absolute Gasteiger partial charge is 0.380 e. The number of nitrogens with zero attached hydrogens (tertiary/aromatic N) is 4. The molecule has 0 saturated carbocycles. The molecule has 6 nitrogen and oxygen atoms in total.